The van der Waals surface area contributed by atoms with Crippen molar-refractivity contribution in [1.82, 2.24) is 24.6 Å². The second-order valence-corrected chi connectivity index (χ2v) is 8.23. The number of fused-ring (bicyclic) bond motifs is 2. The van der Waals surface area contributed by atoms with Crippen molar-refractivity contribution in [1.29, 1.82) is 0 Å². The minimum absolute atomic E-state index is 0.00432. The molecule has 0 saturated carbocycles. The molecule has 2 N–H and O–H groups in total. The van der Waals surface area contributed by atoms with Crippen molar-refractivity contribution in [3.05, 3.63) is 52.1 Å². The fraction of sp³-hybridized carbons (Fsp3) is 0.348. The molecule has 7 heteroatoms. The molecule has 5 rings (SSSR count). The number of piperidine rings is 1. The van der Waals surface area contributed by atoms with Gasteiger partial charge in [-0.2, -0.15) is 5.10 Å². The van der Waals surface area contributed by atoms with Crippen molar-refractivity contribution in [2.75, 3.05) is 13.1 Å². The smallest absolute Gasteiger partial charge is 0.260 e. The second-order valence-electron chi connectivity index (χ2n) is 8.23. The normalized spacial score (nSPS) is 15.3. The lowest BCUT2D eigenvalue weighted by molar-refractivity contribution is 0.362. The third-order valence-electron chi connectivity index (χ3n) is 6.18. The molecule has 0 atom stereocenters. The van der Waals surface area contributed by atoms with Gasteiger partial charge in [0.1, 0.15) is 5.75 Å². The highest BCUT2D eigenvalue weighted by Gasteiger charge is 2.20. The van der Waals surface area contributed by atoms with Crippen LogP contribution in [0.1, 0.15) is 30.0 Å². The topological polar surface area (TPSA) is 85.0 Å². The number of hydrogen-bond donors (Lipinski definition) is 2. The number of hydrogen-bond acceptors (Lipinski definition) is 5. The Balaban J connectivity index is 1.68. The molecule has 0 amide bonds. The van der Waals surface area contributed by atoms with E-state index in [2.05, 4.69) is 10.4 Å². The molecule has 0 radical (unpaired) electrons. The Kier molecular flexibility index (Phi) is 4.36. The molecule has 0 spiro atoms. The summed E-state index contributed by atoms with van der Waals surface area (Å²) in [4.78, 5) is 18.0. The van der Waals surface area contributed by atoms with Gasteiger partial charge in [-0.3, -0.25) is 9.48 Å². The van der Waals surface area contributed by atoms with Crippen LogP contribution in [0.15, 0.2) is 35.4 Å². The van der Waals surface area contributed by atoms with Gasteiger partial charge in [-0.25, -0.2) is 4.98 Å². The maximum Gasteiger partial charge on any atom is 0.260 e. The molecule has 3 aromatic heterocycles. The van der Waals surface area contributed by atoms with Gasteiger partial charge in [0.05, 0.1) is 22.1 Å². The van der Waals surface area contributed by atoms with Crippen LogP contribution in [-0.4, -0.2) is 37.5 Å². The number of aromatic hydroxyl groups is 1. The molecule has 1 aliphatic rings. The van der Waals surface area contributed by atoms with E-state index in [4.69, 9.17) is 4.98 Å². The van der Waals surface area contributed by atoms with Crippen LogP contribution in [0.3, 0.4) is 0 Å². The van der Waals surface area contributed by atoms with Gasteiger partial charge < -0.3 is 15.0 Å². The Morgan fingerprint density at radius 2 is 1.97 bits per heavy atom. The molecule has 1 aromatic carbocycles. The quantitative estimate of drug-likeness (QED) is 0.537. The molecule has 0 bridgehead atoms. The molecule has 0 aliphatic carbocycles. The summed E-state index contributed by atoms with van der Waals surface area (Å²) in [5.41, 5.74) is 4.37. The number of benzene rings is 1. The molecule has 4 aromatic rings. The SMILES string of the molecule is Cc1cc2c(=O)n(C3CCNCC3)ccc2nc1-c1cc2cn(C)nc2c(C)c1O. The van der Waals surface area contributed by atoms with E-state index in [1.54, 1.807) is 4.68 Å². The van der Waals surface area contributed by atoms with Crippen molar-refractivity contribution < 1.29 is 5.11 Å². The fourth-order valence-corrected chi connectivity index (χ4v) is 4.55. The first-order chi connectivity index (χ1) is 14.4. The van der Waals surface area contributed by atoms with E-state index in [0.29, 0.717) is 22.2 Å². The van der Waals surface area contributed by atoms with Crippen LogP contribution in [0.5, 0.6) is 5.75 Å². The Morgan fingerprint density at radius 3 is 2.73 bits per heavy atom. The van der Waals surface area contributed by atoms with Crippen LogP contribution in [0.2, 0.25) is 0 Å². The zero-order chi connectivity index (χ0) is 21.0. The molecular formula is C23H25N5O2. The van der Waals surface area contributed by atoms with Gasteiger partial charge in [0.25, 0.3) is 5.56 Å². The molecule has 154 valence electrons. The minimum atomic E-state index is 0.00432. The van der Waals surface area contributed by atoms with E-state index < -0.39 is 0 Å². The zero-order valence-corrected chi connectivity index (χ0v) is 17.4. The Labute approximate surface area is 174 Å². The highest BCUT2D eigenvalue weighted by atomic mass is 16.3. The lowest BCUT2D eigenvalue weighted by Gasteiger charge is -2.25. The van der Waals surface area contributed by atoms with Crippen LogP contribution in [-0.2, 0) is 7.05 Å². The van der Waals surface area contributed by atoms with E-state index in [1.165, 1.54) is 0 Å². The average Bonchev–Trinajstić information content (AvgIpc) is 3.12. The van der Waals surface area contributed by atoms with E-state index in [0.717, 1.165) is 48.0 Å². The van der Waals surface area contributed by atoms with Gasteiger partial charge in [-0.05, 0) is 63.5 Å². The summed E-state index contributed by atoms with van der Waals surface area (Å²) in [6, 6.07) is 5.96. The predicted molar refractivity (Wildman–Crippen MR) is 118 cm³/mol. The third-order valence-corrected chi connectivity index (χ3v) is 6.18. The number of phenols is 1. The van der Waals surface area contributed by atoms with Gasteiger partial charge in [0.15, 0.2) is 0 Å². The van der Waals surface area contributed by atoms with E-state index >= 15 is 0 Å². The molecule has 1 fully saturated rings. The summed E-state index contributed by atoms with van der Waals surface area (Å²) in [6.45, 7) is 5.66. The van der Waals surface area contributed by atoms with Crippen LogP contribution in [0.4, 0.5) is 0 Å². The van der Waals surface area contributed by atoms with Crippen LogP contribution in [0, 0.1) is 13.8 Å². The van der Waals surface area contributed by atoms with Crippen molar-refractivity contribution in [2.24, 2.45) is 7.05 Å². The maximum atomic E-state index is 13.2. The molecule has 7 nitrogen and oxygen atoms in total. The van der Waals surface area contributed by atoms with Gasteiger partial charge in [0.2, 0.25) is 0 Å². The minimum Gasteiger partial charge on any atom is -0.507 e. The van der Waals surface area contributed by atoms with Gasteiger partial charge in [-0.1, -0.05) is 0 Å². The van der Waals surface area contributed by atoms with E-state index in [9.17, 15) is 9.90 Å². The summed E-state index contributed by atoms with van der Waals surface area (Å²) in [5.74, 6) is 0.180. The van der Waals surface area contributed by atoms with Crippen LogP contribution >= 0.6 is 0 Å². The Hall–Kier alpha value is -3.19. The van der Waals surface area contributed by atoms with Crippen molar-refractivity contribution in [3.63, 3.8) is 0 Å². The maximum absolute atomic E-state index is 13.2. The van der Waals surface area contributed by atoms with Crippen molar-refractivity contribution >= 4 is 21.8 Å². The highest BCUT2D eigenvalue weighted by molar-refractivity contribution is 5.92. The van der Waals surface area contributed by atoms with Crippen molar-refractivity contribution in [2.45, 2.75) is 32.7 Å². The molecular weight excluding hydrogens is 378 g/mol. The first-order valence-corrected chi connectivity index (χ1v) is 10.3. The summed E-state index contributed by atoms with van der Waals surface area (Å²) in [6.07, 6.45) is 5.70. The predicted octanol–water partition coefficient (Wildman–Crippen LogP) is 3.20. The summed E-state index contributed by atoms with van der Waals surface area (Å²) < 4.78 is 3.60. The number of pyridine rings is 2. The number of aryl methyl sites for hydroxylation is 3. The largest absolute Gasteiger partial charge is 0.507 e. The lowest BCUT2D eigenvalue weighted by atomic mass is 9.99. The number of aromatic nitrogens is 4. The third kappa shape index (κ3) is 2.89. The molecule has 4 heterocycles. The van der Waals surface area contributed by atoms with Crippen molar-refractivity contribution in [3.8, 4) is 17.0 Å². The summed E-state index contributed by atoms with van der Waals surface area (Å²) in [7, 11) is 1.86. The van der Waals surface area contributed by atoms with E-state index in [1.807, 2.05) is 56.1 Å². The van der Waals surface area contributed by atoms with Crippen LogP contribution in [0.25, 0.3) is 33.1 Å². The van der Waals surface area contributed by atoms with E-state index in [-0.39, 0.29) is 17.4 Å². The number of nitrogens with one attached hydrogen (secondary N) is 1. The zero-order valence-electron chi connectivity index (χ0n) is 17.4. The Bertz CT molecular complexity index is 1350. The van der Waals surface area contributed by atoms with Gasteiger partial charge in [-0.15, -0.1) is 0 Å². The molecule has 0 unspecified atom stereocenters. The number of phenolic OH excluding ortho intramolecular Hbond substituents is 1. The van der Waals surface area contributed by atoms with Crippen LogP contribution < -0.4 is 10.9 Å². The fourth-order valence-electron chi connectivity index (χ4n) is 4.55. The van der Waals surface area contributed by atoms with Gasteiger partial charge >= 0.3 is 0 Å². The second kappa shape index (κ2) is 6.95. The number of rotatable bonds is 2. The molecule has 30 heavy (non-hydrogen) atoms. The first kappa shape index (κ1) is 18.8. The highest BCUT2D eigenvalue weighted by Crippen LogP contribution is 2.37. The number of nitrogens with zero attached hydrogens (tertiary/aromatic N) is 4. The molecule has 1 saturated heterocycles. The van der Waals surface area contributed by atoms with Gasteiger partial charge in [0, 0.05) is 42.0 Å². The summed E-state index contributed by atoms with van der Waals surface area (Å²) in [5, 5.41) is 20.2. The monoisotopic (exact) mass is 403 g/mol. The molecule has 1 aliphatic heterocycles. The summed E-state index contributed by atoms with van der Waals surface area (Å²) >= 11 is 0. The standard InChI is InChI=1S/C23H25N5O2/c1-13-10-17-19(6-9-28(23(17)30)16-4-7-24-8-5-16)25-20(13)18-11-15-12-27(3)26-21(15)14(2)22(18)29/h6,9-12,16,24,29H,4-5,7-8H2,1-3H3. The average molecular weight is 403 g/mol. The lowest BCUT2D eigenvalue weighted by Crippen LogP contribution is -2.34. The Morgan fingerprint density at radius 1 is 1.20 bits per heavy atom. The first-order valence-electron chi connectivity index (χ1n) is 10.3.